The van der Waals surface area contributed by atoms with Gasteiger partial charge in [-0.25, -0.2) is 0 Å². The van der Waals surface area contributed by atoms with Gasteiger partial charge in [0.25, 0.3) is 0 Å². The van der Waals surface area contributed by atoms with Gasteiger partial charge in [0.1, 0.15) is 0 Å². The Kier molecular flexibility index (Phi) is 10.4. The molecule has 0 aliphatic carbocycles. The molecule has 34 heavy (non-hydrogen) atoms. The second kappa shape index (κ2) is 12.3. The van der Waals surface area contributed by atoms with Gasteiger partial charge in [0.05, 0.1) is 0 Å². The van der Waals surface area contributed by atoms with E-state index in [-0.39, 0.29) is 17.4 Å². The van der Waals surface area contributed by atoms with E-state index in [0.717, 1.165) is 5.56 Å². The van der Waals surface area contributed by atoms with Crippen LogP contribution >= 0.6 is 20.2 Å². The first-order valence-electron chi connectivity index (χ1n) is 10.2. The number of halogens is 4. The minimum absolute atomic E-state index is 0.0663. The Hall–Kier alpha value is -1.66. The monoisotopic (exact) mass is 631 g/mol. The van der Waals surface area contributed by atoms with Gasteiger partial charge in [-0.05, 0) is 0 Å². The first kappa shape index (κ1) is 28.6. The molecule has 188 valence electrons. The molecule has 0 bridgehead atoms. The molecule has 0 aliphatic rings. The Morgan fingerprint density at radius 2 is 1.62 bits per heavy atom. The number of aryl methyl sites for hydroxylation is 1. The second-order valence-corrected chi connectivity index (χ2v) is 14.8. The Labute approximate surface area is 206 Å². The zero-order valence-electron chi connectivity index (χ0n) is 18.5. The Balaban J connectivity index is 2.17. The zero-order valence-corrected chi connectivity index (χ0v) is 22.3. The summed E-state index contributed by atoms with van der Waals surface area (Å²) in [4.78, 5) is 0.125. The molecular formula is C22H25F3INO5S2. The summed E-state index contributed by atoms with van der Waals surface area (Å²) >= 11 is -3.54. The maximum atomic E-state index is 12.9. The number of nitrogens with one attached hydrogen (secondary N) is 1. The third-order valence-corrected chi connectivity index (χ3v) is 11.9. The molecule has 0 saturated carbocycles. The van der Waals surface area contributed by atoms with Crippen molar-refractivity contribution in [2.45, 2.75) is 43.5 Å². The van der Waals surface area contributed by atoms with Crippen molar-refractivity contribution in [2.75, 3.05) is 6.54 Å². The molecule has 1 atom stereocenters. The summed E-state index contributed by atoms with van der Waals surface area (Å²) in [5.41, 5.74) is -4.62. The molecule has 6 nitrogen and oxygen atoms in total. The number of benzene rings is 2. The summed E-state index contributed by atoms with van der Waals surface area (Å²) in [6.45, 7) is 3.80. The first-order chi connectivity index (χ1) is 15.9. The molecule has 0 radical (unpaired) electrons. The van der Waals surface area contributed by atoms with Crippen LogP contribution in [0, 0.1) is 26.3 Å². The van der Waals surface area contributed by atoms with E-state index >= 15 is 0 Å². The van der Waals surface area contributed by atoms with Crippen molar-refractivity contribution in [3.8, 4) is 9.85 Å². The average Bonchev–Trinajstić information content (AvgIpc) is 2.76. The van der Waals surface area contributed by atoms with Gasteiger partial charge in [-0.3, -0.25) is 0 Å². The van der Waals surface area contributed by atoms with Gasteiger partial charge in [-0.2, -0.15) is 0 Å². The molecule has 0 saturated heterocycles. The van der Waals surface area contributed by atoms with E-state index in [2.05, 4.69) is 17.1 Å². The summed E-state index contributed by atoms with van der Waals surface area (Å²) in [5, 5.41) is 0. The molecule has 0 fully saturated rings. The van der Waals surface area contributed by atoms with Gasteiger partial charge >= 0.3 is 207 Å². The third-order valence-electron chi connectivity index (χ3n) is 4.46. The molecule has 0 heterocycles. The van der Waals surface area contributed by atoms with Crippen LogP contribution in [-0.2, 0) is 22.7 Å². The fourth-order valence-corrected chi connectivity index (χ4v) is 9.10. The molecule has 1 N–H and O–H groups in total. The number of hydrogen-bond acceptors (Lipinski definition) is 5. The molecule has 1 unspecified atom stereocenters. The van der Waals surface area contributed by atoms with E-state index in [1.165, 1.54) is 24.3 Å². The number of sulfonamides is 1. The normalized spacial score (nSPS) is 13.6. The van der Waals surface area contributed by atoms with Crippen LogP contribution in [0.25, 0.3) is 0 Å². The van der Waals surface area contributed by atoms with Crippen molar-refractivity contribution in [1.82, 2.24) is 4.72 Å². The van der Waals surface area contributed by atoms with E-state index < -0.39 is 45.9 Å². The summed E-state index contributed by atoms with van der Waals surface area (Å²) in [6.07, 6.45) is 1.56. The second-order valence-electron chi connectivity index (χ2n) is 7.23. The van der Waals surface area contributed by atoms with Crippen LogP contribution in [0.5, 0.6) is 0 Å². The van der Waals surface area contributed by atoms with Gasteiger partial charge in [0.2, 0.25) is 0 Å². The van der Waals surface area contributed by atoms with Gasteiger partial charge in [0.15, 0.2) is 0 Å². The van der Waals surface area contributed by atoms with Gasteiger partial charge < -0.3 is 0 Å². The van der Waals surface area contributed by atoms with Gasteiger partial charge in [0, 0.05) is 0 Å². The standard InChI is InChI=1S/C22H25F3INO5S2/c1-3-7-19(15-17-27-33(28,29)21-12-10-18(2)11-13-21)14-16-26(20-8-5-4-6-9-20)32-34(30,31)22(23,24)25/h4-6,8-13,19,27H,3,7,15,17H2,1-2H3. The predicted molar refractivity (Wildman–Crippen MR) is 132 cm³/mol. The van der Waals surface area contributed by atoms with Crippen molar-refractivity contribution in [3.63, 3.8) is 0 Å². The van der Waals surface area contributed by atoms with Crippen LogP contribution in [0.15, 0.2) is 59.5 Å². The van der Waals surface area contributed by atoms with E-state index in [1.54, 1.807) is 30.3 Å². The van der Waals surface area contributed by atoms with Crippen molar-refractivity contribution >= 4 is 40.4 Å². The molecule has 0 aliphatic heterocycles. The molecule has 2 aromatic rings. The number of alkyl halides is 3. The zero-order chi connectivity index (χ0) is 25.4. The quantitative estimate of drug-likeness (QED) is 0.221. The minimum atomic E-state index is -5.80. The van der Waals surface area contributed by atoms with Crippen LogP contribution in [0.4, 0.5) is 13.2 Å². The maximum absolute atomic E-state index is 12.9. The third kappa shape index (κ3) is 8.53. The van der Waals surface area contributed by atoms with Gasteiger partial charge in [-0.1, -0.05) is 0 Å². The molecule has 0 spiro atoms. The van der Waals surface area contributed by atoms with Crippen molar-refractivity contribution in [3.05, 3.63) is 63.7 Å². The van der Waals surface area contributed by atoms with E-state index in [4.69, 9.17) is 0 Å². The summed E-state index contributed by atoms with van der Waals surface area (Å²) in [5.74, 6) is 2.50. The fraction of sp³-hybridized carbons (Fsp3) is 0.364. The Morgan fingerprint density at radius 1 is 1.00 bits per heavy atom. The number of hydrogen-bond donors (Lipinski definition) is 1. The van der Waals surface area contributed by atoms with Crippen LogP contribution in [0.2, 0.25) is 0 Å². The van der Waals surface area contributed by atoms with E-state index in [9.17, 15) is 30.0 Å². The van der Waals surface area contributed by atoms with E-state index in [0.29, 0.717) is 22.8 Å². The molecule has 0 amide bonds. The Morgan fingerprint density at radius 3 is 2.18 bits per heavy atom. The fourth-order valence-electron chi connectivity index (χ4n) is 2.69. The van der Waals surface area contributed by atoms with Crippen LogP contribution in [-0.4, -0.2) is 28.9 Å². The van der Waals surface area contributed by atoms with Crippen molar-refractivity contribution < 1.29 is 32.5 Å². The SMILES string of the molecule is CCCC(C#CI(OS(=O)(=O)C(F)(F)F)c1ccccc1)CCNS(=O)(=O)c1ccc(C)cc1. The van der Waals surface area contributed by atoms with Crippen molar-refractivity contribution in [2.24, 2.45) is 5.92 Å². The van der Waals surface area contributed by atoms with Crippen LogP contribution in [0.3, 0.4) is 0 Å². The molecule has 12 heteroatoms. The van der Waals surface area contributed by atoms with Crippen molar-refractivity contribution in [1.29, 1.82) is 0 Å². The molecular weight excluding hydrogens is 606 g/mol. The molecule has 2 aromatic carbocycles. The van der Waals surface area contributed by atoms with Gasteiger partial charge in [-0.15, -0.1) is 0 Å². The van der Waals surface area contributed by atoms with E-state index in [1.807, 2.05) is 13.8 Å². The average molecular weight is 631 g/mol. The predicted octanol–water partition coefficient (Wildman–Crippen LogP) is 5.20. The summed E-state index contributed by atoms with van der Waals surface area (Å²) < 4.78 is 96.7. The summed E-state index contributed by atoms with van der Waals surface area (Å²) in [7, 11) is -9.52. The van der Waals surface area contributed by atoms with Crippen LogP contribution in [0.1, 0.15) is 31.7 Å². The van der Waals surface area contributed by atoms with Crippen LogP contribution < -0.4 is 4.72 Å². The summed E-state index contributed by atoms with van der Waals surface area (Å²) in [6, 6.07) is 14.1. The number of rotatable bonds is 10. The molecule has 0 aromatic heterocycles. The first-order valence-corrected chi connectivity index (χ1v) is 16.1. The molecule has 2 rings (SSSR count). The topological polar surface area (TPSA) is 89.5 Å². The Bertz CT molecular complexity index is 1210.